The number of hydrogen-bond acceptors (Lipinski definition) is 2. The molecule has 2 rings (SSSR count). The summed E-state index contributed by atoms with van der Waals surface area (Å²) in [5, 5.41) is 0. The molecule has 2 aromatic rings. The highest BCUT2D eigenvalue weighted by atomic mass is 19.1. The SMILES string of the molecule is Cc1ccc(F)c(C(=O)c2cccc(F)c2N)c1F. The standard InChI is InChI=1S/C14H10F3NO/c1-7-5-6-9(15)11(12(7)17)14(19)8-3-2-4-10(16)13(8)18/h2-6H,18H2,1H3. The Balaban J connectivity index is 2.63. The summed E-state index contributed by atoms with van der Waals surface area (Å²) in [4.78, 5) is 12.1. The van der Waals surface area contributed by atoms with Gasteiger partial charge in [-0.2, -0.15) is 0 Å². The molecule has 5 heteroatoms. The number of ketones is 1. The first kappa shape index (κ1) is 13.1. The summed E-state index contributed by atoms with van der Waals surface area (Å²) in [6.45, 7) is 1.40. The van der Waals surface area contributed by atoms with Crippen molar-refractivity contribution < 1.29 is 18.0 Å². The van der Waals surface area contributed by atoms with Crippen LogP contribution >= 0.6 is 0 Å². The molecule has 0 saturated carbocycles. The fourth-order valence-electron chi connectivity index (χ4n) is 1.73. The van der Waals surface area contributed by atoms with Crippen molar-refractivity contribution in [3.63, 3.8) is 0 Å². The lowest BCUT2D eigenvalue weighted by Crippen LogP contribution is -2.11. The van der Waals surface area contributed by atoms with Crippen molar-refractivity contribution in [1.29, 1.82) is 0 Å². The highest BCUT2D eigenvalue weighted by molar-refractivity contribution is 6.12. The fourth-order valence-corrected chi connectivity index (χ4v) is 1.73. The van der Waals surface area contributed by atoms with E-state index < -0.39 is 34.5 Å². The minimum atomic E-state index is -1.00. The molecule has 0 amide bonds. The molecule has 0 bridgehead atoms. The Morgan fingerprint density at radius 3 is 2.42 bits per heavy atom. The Kier molecular flexibility index (Phi) is 3.29. The van der Waals surface area contributed by atoms with Gasteiger partial charge >= 0.3 is 0 Å². The first-order valence-electron chi connectivity index (χ1n) is 5.46. The number of aryl methyl sites for hydroxylation is 1. The minimum Gasteiger partial charge on any atom is -0.396 e. The van der Waals surface area contributed by atoms with Crippen molar-refractivity contribution in [2.24, 2.45) is 0 Å². The van der Waals surface area contributed by atoms with Gasteiger partial charge in [-0.15, -0.1) is 0 Å². The van der Waals surface area contributed by atoms with Crippen LogP contribution < -0.4 is 5.73 Å². The van der Waals surface area contributed by atoms with E-state index in [0.29, 0.717) is 0 Å². The van der Waals surface area contributed by atoms with E-state index in [1.807, 2.05) is 0 Å². The molecule has 0 aliphatic rings. The summed E-state index contributed by atoms with van der Waals surface area (Å²) in [5.74, 6) is -3.75. The van der Waals surface area contributed by atoms with Crippen LogP contribution in [0, 0.1) is 24.4 Å². The van der Waals surface area contributed by atoms with E-state index in [4.69, 9.17) is 5.73 Å². The number of nitrogens with two attached hydrogens (primary N) is 1. The molecule has 0 aliphatic carbocycles. The topological polar surface area (TPSA) is 43.1 Å². The van der Waals surface area contributed by atoms with Gasteiger partial charge in [0.05, 0.1) is 11.3 Å². The van der Waals surface area contributed by atoms with E-state index in [9.17, 15) is 18.0 Å². The van der Waals surface area contributed by atoms with Crippen LogP contribution in [0.3, 0.4) is 0 Å². The molecule has 0 aliphatic heterocycles. The zero-order chi connectivity index (χ0) is 14.2. The van der Waals surface area contributed by atoms with Gasteiger partial charge in [0.2, 0.25) is 5.78 Å². The molecule has 0 fully saturated rings. The molecular formula is C14H10F3NO. The zero-order valence-corrected chi connectivity index (χ0v) is 10.0. The number of halogens is 3. The van der Waals surface area contributed by atoms with Crippen LogP contribution in [0.15, 0.2) is 30.3 Å². The second kappa shape index (κ2) is 4.76. The van der Waals surface area contributed by atoms with Crippen molar-refractivity contribution >= 4 is 11.5 Å². The Labute approximate surface area is 107 Å². The number of carbonyl (C=O) groups excluding carboxylic acids is 1. The summed E-state index contributed by atoms with van der Waals surface area (Å²) in [7, 11) is 0. The lowest BCUT2D eigenvalue weighted by molar-refractivity contribution is 0.103. The van der Waals surface area contributed by atoms with Crippen molar-refractivity contribution in [2.75, 3.05) is 5.73 Å². The summed E-state index contributed by atoms with van der Waals surface area (Å²) in [6, 6.07) is 5.75. The molecule has 0 saturated heterocycles. The molecule has 0 atom stereocenters. The van der Waals surface area contributed by atoms with E-state index >= 15 is 0 Å². The van der Waals surface area contributed by atoms with Gasteiger partial charge in [0.1, 0.15) is 17.5 Å². The Morgan fingerprint density at radius 1 is 1.05 bits per heavy atom. The van der Waals surface area contributed by atoms with E-state index in [1.54, 1.807) is 0 Å². The predicted octanol–water partition coefficient (Wildman–Crippen LogP) is 3.23. The molecule has 0 unspecified atom stereocenters. The zero-order valence-electron chi connectivity index (χ0n) is 10.0. The number of carbonyl (C=O) groups is 1. The normalized spacial score (nSPS) is 10.5. The average Bonchev–Trinajstić information content (AvgIpc) is 2.37. The van der Waals surface area contributed by atoms with Crippen LogP contribution in [0.5, 0.6) is 0 Å². The minimum absolute atomic E-state index is 0.125. The van der Waals surface area contributed by atoms with Crippen LogP contribution in [-0.4, -0.2) is 5.78 Å². The number of anilines is 1. The van der Waals surface area contributed by atoms with E-state index in [0.717, 1.165) is 12.1 Å². The lowest BCUT2D eigenvalue weighted by atomic mass is 9.99. The average molecular weight is 265 g/mol. The Bertz CT molecular complexity index is 668. The largest absolute Gasteiger partial charge is 0.396 e. The summed E-state index contributed by atoms with van der Waals surface area (Å²) >= 11 is 0. The van der Waals surface area contributed by atoms with Gasteiger partial charge < -0.3 is 5.73 Å². The Hall–Kier alpha value is -2.30. The highest BCUT2D eigenvalue weighted by Crippen LogP contribution is 2.24. The maximum absolute atomic E-state index is 13.8. The Morgan fingerprint density at radius 2 is 1.74 bits per heavy atom. The molecule has 0 radical (unpaired) electrons. The number of rotatable bonds is 2. The second-order valence-electron chi connectivity index (χ2n) is 4.08. The fraction of sp³-hybridized carbons (Fsp3) is 0.0714. The van der Waals surface area contributed by atoms with E-state index in [-0.39, 0.29) is 11.1 Å². The van der Waals surface area contributed by atoms with Gasteiger partial charge in [-0.1, -0.05) is 12.1 Å². The number of benzene rings is 2. The third kappa shape index (κ3) is 2.19. The quantitative estimate of drug-likeness (QED) is 0.669. The van der Waals surface area contributed by atoms with Crippen LogP contribution in [-0.2, 0) is 0 Å². The van der Waals surface area contributed by atoms with Gasteiger partial charge in [-0.25, -0.2) is 13.2 Å². The van der Waals surface area contributed by atoms with Crippen molar-refractivity contribution in [3.8, 4) is 0 Å². The van der Waals surface area contributed by atoms with Crippen LogP contribution in [0.4, 0.5) is 18.9 Å². The highest BCUT2D eigenvalue weighted by Gasteiger charge is 2.23. The van der Waals surface area contributed by atoms with Gasteiger partial charge in [0.25, 0.3) is 0 Å². The van der Waals surface area contributed by atoms with E-state index in [2.05, 4.69) is 0 Å². The molecule has 19 heavy (non-hydrogen) atoms. The van der Waals surface area contributed by atoms with Crippen molar-refractivity contribution in [2.45, 2.75) is 6.92 Å². The lowest BCUT2D eigenvalue weighted by Gasteiger charge is -2.09. The first-order chi connectivity index (χ1) is 8.93. The van der Waals surface area contributed by atoms with Gasteiger partial charge in [-0.3, -0.25) is 4.79 Å². The summed E-state index contributed by atoms with van der Waals surface area (Å²) < 4.78 is 40.7. The van der Waals surface area contributed by atoms with Crippen molar-refractivity contribution in [1.82, 2.24) is 0 Å². The molecule has 0 heterocycles. The van der Waals surface area contributed by atoms with Crippen molar-refractivity contribution in [3.05, 3.63) is 64.5 Å². The maximum Gasteiger partial charge on any atom is 0.201 e. The smallest absolute Gasteiger partial charge is 0.201 e. The number of para-hydroxylation sites is 1. The third-order valence-electron chi connectivity index (χ3n) is 2.81. The predicted molar refractivity (Wildman–Crippen MR) is 65.3 cm³/mol. The number of hydrogen-bond donors (Lipinski definition) is 1. The van der Waals surface area contributed by atoms with E-state index in [1.165, 1.54) is 25.1 Å². The molecule has 2 nitrogen and oxygen atoms in total. The van der Waals surface area contributed by atoms with Crippen LogP contribution in [0.25, 0.3) is 0 Å². The first-order valence-corrected chi connectivity index (χ1v) is 5.46. The second-order valence-corrected chi connectivity index (χ2v) is 4.08. The van der Waals surface area contributed by atoms with Gasteiger partial charge in [0, 0.05) is 5.56 Å². The van der Waals surface area contributed by atoms with Crippen LogP contribution in [0.2, 0.25) is 0 Å². The van der Waals surface area contributed by atoms with Gasteiger partial charge in [-0.05, 0) is 30.7 Å². The third-order valence-corrected chi connectivity index (χ3v) is 2.81. The summed E-state index contributed by atoms with van der Waals surface area (Å²) in [6.07, 6.45) is 0. The maximum atomic E-state index is 13.8. The summed E-state index contributed by atoms with van der Waals surface area (Å²) in [5.41, 5.74) is 4.13. The molecule has 2 N–H and O–H groups in total. The van der Waals surface area contributed by atoms with Crippen LogP contribution in [0.1, 0.15) is 21.5 Å². The molecule has 0 spiro atoms. The molecular weight excluding hydrogens is 255 g/mol. The molecule has 2 aromatic carbocycles. The monoisotopic (exact) mass is 265 g/mol. The molecule has 98 valence electrons. The molecule has 0 aromatic heterocycles. The number of nitrogen functional groups attached to an aromatic ring is 1. The van der Waals surface area contributed by atoms with Gasteiger partial charge in [0.15, 0.2) is 0 Å².